The predicted octanol–water partition coefficient (Wildman–Crippen LogP) is 2.24. The molecule has 1 N–H and O–H groups in total. The number of methoxy groups -OCH3 is 1. The molecule has 1 unspecified atom stereocenters. The number of nitrogens with zero attached hydrogens (tertiary/aromatic N) is 1. The van der Waals surface area contributed by atoms with E-state index in [1.165, 1.54) is 5.56 Å². The molecule has 17 heavy (non-hydrogen) atoms. The van der Waals surface area contributed by atoms with Gasteiger partial charge in [0.15, 0.2) is 0 Å². The summed E-state index contributed by atoms with van der Waals surface area (Å²) in [7, 11) is 5.74. The van der Waals surface area contributed by atoms with Gasteiger partial charge in [0.25, 0.3) is 0 Å². The molecular weight excluding hydrogens is 214 g/mol. The Kier molecular flexibility index (Phi) is 5.45. The van der Waals surface area contributed by atoms with Crippen molar-refractivity contribution in [3.05, 3.63) is 29.3 Å². The monoisotopic (exact) mass is 237 g/mol. The van der Waals surface area contributed by atoms with Crippen molar-refractivity contribution in [2.75, 3.05) is 27.8 Å². The number of rotatable bonds is 6. The van der Waals surface area contributed by atoms with Gasteiger partial charge in [-0.15, -0.1) is 0 Å². The Bertz CT molecular complexity index is 350. The van der Waals surface area contributed by atoms with E-state index in [4.69, 9.17) is 9.84 Å². The van der Waals surface area contributed by atoms with Gasteiger partial charge in [0.2, 0.25) is 0 Å². The van der Waals surface area contributed by atoms with Gasteiger partial charge in [0, 0.05) is 18.2 Å². The van der Waals surface area contributed by atoms with Gasteiger partial charge in [-0.3, -0.25) is 0 Å². The van der Waals surface area contributed by atoms with Crippen LogP contribution in [0.4, 0.5) is 0 Å². The van der Waals surface area contributed by atoms with E-state index in [1.807, 2.05) is 20.2 Å². The van der Waals surface area contributed by atoms with Gasteiger partial charge < -0.3 is 14.7 Å². The van der Waals surface area contributed by atoms with Crippen LogP contribution >= 0.6 is 0 Å². The number of hydrogen-bond acceptors (Lipinski definition) is 3. The summed E-state index contributed by atoms with van der Waals surface area (Å²) >= 11 is 0. The standard InChI is InChI=1S/C14H23NO2/c1-5-11-6-7-14(17-4)12(10-11)13(8-9-16)15(2)3/h6-7,10,13,16H,5,8-9H2,1-4H3. The van der Waals surface area contributed by atoms with Crippen LogP contribution in [-0.2, 0) is 6.42 Å². The zero-order valence-electron chi connectivity index (χ0n) is 11.2. The SMILES string of the molecule is CCc1ccc(OC)c(C(CCO)N(C)C)c1. The van der Waals surface area contributed by atoms with Crippen LogP contribution in [0.1, 0.15) is 30.5 Å². The number of hydrogen-bond donors (Lipinski definition) is 1. The maximum atomic E-state index is 9.17. The average molecular weight is 237 g/mol. The highest BCUT2D eigenvalue weighted by molar-refractivity contribution is 5.39. The summed E-state index contributed by atoms with van der Waals surface area (Å²) in [6.07, 6.45) is 1.73. The molecule has 1 aromatic rings. The highest BCUT2D eigenvalue weighted by atomic mass is 16.5. The van der Waals surface area contributed by atoms with Crippen LogP contribution in [0.15, 0.2) is 18.2 Å². The minimum absolute atomic E-state index is 0.183. The van der Waals surface area contributed by atoms with Crippen molar-refractivity contribution in [1.29, 1.82) is 0 Å². The number of aliphatic hydroxyl groups is 1. The molecule has 3 heteroatoms. The minimum atomic E-state index is 0.183. The van der Waals surface area contributed by atoms with Crippen LogP contribution in [0.3, 0.4) is 0 Å². The first-order chi connectivity index (χ1) is 8.13. The van der Waals surface area contributed by atoms with Gasteiger partial charge in [0.1, 0.15) is 5.75 Å². The molecule has 0 aliphatic rings. The summed E-state index contributed by atoms with van der Waals surface area (Å²) in [5, 5.41) is 9.17. The quantitative estimate of drug-likeness (QED) is 0.823. The van der Waals surface area contributed by atoms with Crippen molar-refractivity contribution in [2.24, 2.45) is 0 Å². The molecule has 1 aromatic carbocycles. The zero-order chi connectivity index (χ0) is 12.8. The fourth-order valence-corrected chi connectivity index (χ4v) is 2.08. The van der Waals surface area contributed by atoms with Crippen molar-refractivity contribution in [1.82, 2.24) is 4.90 Å². The lowest BCUT2D eigenvalue weighted by Gasteiger charge is -2.26. The van der Waals surface area contributed by atoms with Crippen LogP contribution in [-0.4, -0.2) is 37.8 Å². The Morgan fingerprint density at radius 2 is 2.06 bits per heavy atom. The van der Waals surface area contributed by atoms with E-state index >= 15 is 0 Å². The summed E-state index contributed by atoms with van der Waals surface area (Å²) in [6.45, 7) is 2.32. The first-order valence-corrected chi connectivity index (χ1v) is 6.08. The highest BCUT2D eigenvalue weighted by Gasteiger charge is 2.18. The van der Waals surface area contributed by atoms with E-state index in [0.717, 1.165) is 24.2 Å². The molecule has 0 saturated carbocycles. The number of ether oxygens (including phenoxy) is 1. The second kappa shape index (κ2) is 6.62. The fourth-order valence-electron chi connectivity index (χ4n) is 2.08. The molecule has 0 heterocycles. The van der Waals surface area contributed by atoms with Gasteiger partial charge in [-0.25, -0.2) is 0 Å². The third kappa shape index (κ3) is 3.45. The predicted molar refractivity (Wildman–Crippen MR) is 70.5 cm³/mol. The van der Waals surface area contributed by atoms with Crippen molar-refractivity contribution in [2.45, 2.75) is 25.8 Å². The lowest BCUT2D eigenvalue weighted by Crippen LogP contribution is -2.21. The zero-order valence-corrected chi connectivity index (χ0v) is 11.2. The second-order valence-electron chi connectivity index (χ2n) is 4.42. The Balaban J connectivity index is 3.13. The van der Waals surface area contributed by atoms with Crippen molar-refractivity contribution in [3.8, 4) is 5.75 Å². The first kappa shape index (κ1) is 14.0. The molecular formula is C14H23NO2. The maximum Gasteiger partial charge on any atom is 0.123 e. The minimum Gasteiger partial charge on any atom is -0.496 e. The van der Waals surface area contributed by atoms with E-state index in [-0.39, 0.29) is 12.6 Å². The number of aryl methyl sites for hydroxylation is 1. The Hall–Kier alpha value is -1.06. The van der Waals surface area contributed by atoms with Crippen LogP contribution in [0.2, 0.25) is 0 Å². The van der Waals surface area contributed by atoms with Crippen LogP contribution in [0.25, 0.3) is 0 Å². The maximum absolute atomic E-state index is 9.17. The van der Waals surface area contributed by atoms with Gasteiger partial charge in [-0.05, 0) is 38.6 Å². The number of aliphatic hydroxyl groups excluding tert-OH is 1. The average Bonchev–Trinajstić information content (AvgIpc) is 2.34. The second-order valence-corrected chi connectivity index (χ2v) is 4.42. The van der Waals surface area contributed by atoms with Crippen LogP contribution < -0.4 is 4.74 Å². The molecule has 3 nitrogen and oxygen atoms in total. The molecule has 0 aliphatic carbocycles. The molecule has 0 radical (unpaired) electrons. The normalized spacial score (nSPS) is 12.8. The van der Waals surface area contributed by atoms with Gasteiger partial charge in [-0.1, -0.05) is 19.1 Å². The molecule has 0 saturated heterocycles. The van der Waals surface area contributed by atoms with E-state index in [9.17, 15) is 0 Å². The third-order valence-electron chi connectivity index (χ3n) is 3.09. The molecule has 1 rings (SSSR count). The molecule has 1 atom stereocenters. The van der Waals surface area contributed by atoms with Crippen molar-refractivity contribution in [3.63, 3.8) is 0 Å². The third-order valence-corrected chi connectivity index (χ3v) is 3.09. The first-order valence-electron chi connectivity index (χ1n) is 6.08. The lowest BCUT2D eigenvalue weighted by molar-refractivity contribution is 0.207. The summed E-state index contributed by atoms with van der Waals surface area (Å²) in [4.78, 5) is 2.12. The van der Waals surface area contributed by atoms with E-state index in [1.54, 1.807) is 7.11 Å². The highest BCUT2D eigenvalue weighted by Crippen LogP contribution is 2.31. The Morgan fingerprint density at radius 1 is 1.35 bits per heavy atom. The fraction of sp³-hybridized carbons (Fsp3) is 0.571. The molecule has 0 fully saturated rings. The molecule has 0 spiro atoms. The van der Waals surface area contributed by atoms with E-state index < -0.39 is 0 Å². The smallest absolute Gasteiger partial charge is 0.123 e. The summed E-state index contributed by atoms with van der Waals surface area (Å²) in [5.41, 5.74) is 2.46. The summed E-state index contributed by atoms with van der Waals surface area (Å²) < 4.78 is 5.41. The van der Waals surface area contributed by atoms with Crippen LogP contribution in [0, 0.1) is 0 Å². The van der Waals surface area contributed by atoms with E-state index in [2.05, 4.69) is 24.0 Å². The van der Waals surface area contributed by atoms with Gasteiger partial charge >= 0.3 is 0 Å². The Morgan fingerprint density at radius 3 is 2.53 bits per heavy atom. The molecule has 0 amide bonds. The van der Waals surface area contributed by atoms with Crippen molar-refractivity contribution < 1.29 is 9.84 Å². The molecule has 0 bridgehead atoms. The van der Waals surface area contributed by atoms with E-state index in [0.29, 0.717) is 0 Å². The summed E-state index contributed by atoms with van der Waals surface area (Å²) in [5.74, 6) is 0.898. The van der Waals surface area contributed by atoms with Crippen molar-refractivity contribution >= 4 is 0 Å². The summed E-state index contributed by atoms with van der Waals surface area (Å²) in [6, 6.07) is 6.48. The van der Waals surface area contributed by atoms with Gasteiger partial charge in [-0.2, -0.15) is 0 Å². The lowest BCUT2D eigenvalue weighted by atomic mass is 9.98. The Labute approximate surface area is 104 Å². The molecule has 0 aliphatic heterocycles. The van der Waals surface area contributed by atoms with Crippen LogP contribution in [0.5, 0.6) is 5.75 Å². The molecule has 0 aromatic heterocycles. The number of benzene rings is 1. The topological polar surface area (TPSA) is 32.7 Å². The molecule has 96 valence electrons. The largest absolute Gasteiger partial charge is 0.496 e. The van der Waals surface area contributed by atoms with Gasteiger partial charge in [0.05, 0.1) is 7.11 Å².